The van der Waals surface area contributed by atoms with Crippen molar-refractivity contribution in [2.24, 2.45) is 0 Å². The predicted molar refractivity (Wildman–Crippen MR) is 122 cm³/mol. The third-order valence-electron chi connectivity index (χ3n) is 5.93. The van der Waals surface area contributed by atoms with Crippen LogP contribution in [0.3, 0.4) is 0 Å². The van der Waals surface area contributed by atoms with Crippen LogP contribution in [0.5, 0.6) is 0 Å². The van der Waals surface area contributed by atoms with E-state index in [4.69, 9.17) is 5.10 Å². The van der Waals surface area contributed by atoms with Gasteiger partial charge in [-0.3, -0.25) is 0 Å². The van der Waals surface area contributed by atoms with Gasteiger partial charge in [-0.25, -0.2) is 4.68 Å². The first-order valence-electron chi connectivity index (χ1n) is 10.9. The number of piperidine rings is 1. The summed E-state index contributed by atoms with van der Waals surface area (Å²) in [5.41, 5.74) is 6.96. The highest BCUT2D eigenvalue weighted by Crippen LogP contribution is 2.25. The highest BCUT2D eigenvalue weighted by Gasteiger charge is 2.17. The molecule has 1 aliphatic heterocycles. The minimum Gasteiger partial charge on any atom is -0.393 e. The van der Waals surface area contributed by atoms with Crippen LogP contribution in [0.1, 0.15) is 29.5 Å². The summed E-state index contributed by atoms with van der Waals surface area (Å²) in [4.78, 5) is 2.43. The van der Waals surface area contributed by atoms with Gasteiger partial charge in [0.05, 0.1) is 17.5 Å². The second-order valence-electron chi connectivity index (χ2n) is 8.35. The van der Waals surface area contributed by atoms with Gasteiger partial charge in [0.15, 0.2) is 0 Å². The molecule has 1 fully saturated rings. The number of benzene rings is 2. The van der Waals surface area contributed by atoms with E-state index in [1.54, 1.807) is 0 Å². The molecule has 30 heavy (non-hydrogen) atoms. The lowest BCUT2D eigenvalue weighted by Crippen LogP contribution is -2.39. The molecular weight excluding hydrogens is 372 g/mol. The molecule has 2 aromatic carbocycles. The molecule has 2 N–H and O–H groups in total. The standard InChI is InChI=1S/C25H32N4O/c1-19-8-9-20(2)24(16-19)29-18-22(25(27-29)21-6-4-3-5-7-21)17-26-12-15-28-13-10-23(30)11-14-28/h3-9,16,18,23,26,30H,10-15,17H2,1-2H3. The Balaban J connectivity index is 1.49. The number of aryl methyl sites for hydroxylation is 2. The fourth-order valence-electron chi connectivity index (χ4n) is 4.07. The number of aliphatic hydroxyl groups is 1. The topological polar surface area (TPSA) is 53.3 Å². The summed E-state index contributed by atoms with van der Waals surface area (Å²) in [6, 6.07) is 16.9. The van der Waals surface area contributed by atoms with Gasteiger partial charge >= 0.3 is 0 Å². The van der Waals surface area contributed by atoms with Crippen molar-refractivity contribution in [2.45, 2.75) is 39.3 Å². The molecule has 1 saturated heterocycles. The number of likely N-dealkylation sites (tertiary alicyclic amines) is 1. The monoisotopic (exact) mass is 404 g/mol. The van der Waals surface area contributed by atoms with Crippen molar-refractivity contribution in [3.05, 3.63) is 71.4 Å². The first kappa shape index (κ1) is 20.8. The highest BCUT2D eigenvalue weighted by atomic mass is 16.3. The molecule has 0 amide bonds. The maximum absolute atomic E-state index is 9.67. The fraction of sp³-hybridized carbons (Fsp3) is 0.400. The minimum absolute atomic E-state index is 0.112. The third kappa shape index (κ3) is 4.98. The zero-order valence-electron chi connectivity index (χ0n) is 18.0. The molecule has 0 spiro atoms. The highest BCUT2D eigenvalue weighted by molar-refractivity contribution is 5.63. The lowest BCUT2D eigenvalue weighted by molar-refractivity contribution is 0.0830. The number of nitrogens with one attached hydrogen (secondary N) is 1. The smallest absolute Gasteiger partial charge is 0.0972 e. The van der Waals surface area contributed by atoms with Gasteiger partial charge in [0.1, 0.15) is 0 Å². The fourth-order valence-corrected chi connectivity index (χ4v) is 4.07. The van der Waals surface area contributed by atoms with Crippen LogP contribution in [0.25, 0.3) is 16.9 Å². The van der Waals surface area contributed by atoms with Gasteiger partial charge in [0, 0.05) is 50.0 Å². The summed E-state index contributed by atoms with van der Waals surface area (Å²) in [7, 11) is 0. The SMILES string of the molecule is Cc1ccc(C)c(-n2cc(CNCCN3CCC(O)CC3)c(-c3ccccc3)n2)c1. The lowest BCUT2D eigenvalue weighted by Gasteiger charge is -2.29. The number of aliphatic hydroxyl groups excluding tert-OH is 1. The Morgan fingerprint density at radius 2 is 1.83 bits per heavy atom. The Morgan fingerprint density at radius 1 is 1.07 bits per heavy atom. The summed E-state index contributed by atoms with van der Waals surface area (Å²) in [5.74, 6) is 0. The van der Waals surface area contributed by atoms with Crippen LogP contribution in [0.15, 0.2) is 54.7 Å². The van der Waals surface area contributed by atoms with Crippen LogP contribution in [-0.2, 0) is 6.54 Å². The van der Waals surface area contributed by atoms with Crippen LogP contribution in [0, 0.1) is 13.8 Å². The Hall–Kier alpha value is -2.47. The van der Waals surface area contributed by atoms with Gasteiger partial charge in [0.25, 0.3) is 0 Å². The molecule has 0 saturated carbocycles. The van der Waals surface area contributed by atoms with Crippen LogP contribution in [-0.4, -0.2) is 52.1 Å². The molecule has 0 radical (unpaired) electrons. The molecule has 158 valence electrons. The van der Waals surface area contributed by atoms with E-state index in [1.807, 2.05) is 10.7 Å². The molecule has 0 atom stereocenters. The van der Waals surface area contributed by atoms with Crippen LogP contribution >= 0.6 is 0 Å². The Morgan fingerprint density at radius 3 is 2.60 bits per heavy atom. The van der Waals surface area contributed by atoms with Crippen molar-refractivity contribution in [3.63, 3.8) is 0 Å². The molecule has 2 heterocycles. The van der Waals surface area contributed by atoms with E-state index in [9.17, 15) is 5.11 Å². The molecule has 4 rings (SSSR count). The summed E-state index contributed by atoms with van der Waals surface area (Å²) in [6.07, 6.45) is 3.83. The molecule has 0 bridgehead atoms. The molecule has 5 heteroatoms. The molecule has 0 unspecified atom stereocenters. The minimum atomic E-state index is -0.112. The number of hydrogen-bond donors (Lipinski definition) is 2. The molecule has 0 aliphatic carbocycles. The average Bonchev–Trinajstić information content (AvgIpc) is 3.19. The summed E-state index contributed by atoms with van der Waals surface area (Å²) in [6.45, 7) is 8.95. The van der Waals surface area contributed by atoms with Crippen LogP contribution < -0.4 is 5.32 Å². The second-order valence-corrected chi connectivity index (χ2v) is 8.35. The maximum atomic E-state index is 9.67. The van der Waals surface area contributed by atoms with E-state index in [-0.39, 0.29) is 6.10 Å². The van der Waals surface area contributed by atoms with Crippen molar-refractivity contribution >= 4 is 0 Å². The number of aromatic nitrogens is 2. The summed E-state index contributed by atoms with van der Waals surface area (Å²) in [5, 5.41) is 18.2. The van der Waals surface area contributed by atoms with E-state index in [2.05, 4.69) is 72.7 Å². The van der Waals surface area contributed by atoms with E-state index in [1.165, 1.54) is 16.7 Å². The van der Waals surface area contributed by atoms with Crippen molar-refractivity contribution in [3.8, 4) is 16.9 Å². The van der Waals surface area contributed by atoms with Gasteiger partial charge in [-0.15, -0.1) is 0 Å². The van der Waals surface area contributed by atoms with Crippen molar-refractivity contribution in [1.29, 1.82) is 0 Å². The largest absolute Gasteiger partial charge is 0.393 e. The molecule has 5 nitrogen and oxygen atoms in total. The van der Waals surface area contributed by atoms with Crippen molar-refractivity contribution in [2.75, 3.05) is 26.2 Å². The van der Waals surface area contributed by atoms with Gasteiger partial charge in [0.2, 0.25) is 0 Å². The average molecular weight is 405 g/mol. The number of hydrogen-bond acceptors (Lipinski definition) is 4. The number of rotatable bonds is 7. The third-order valence-corrected chi connectivity index (χ3v) is 5.93. The first-order chi connectivity index (χ1) is 14.6. The zero-order chi connectivity index (χ0) is 20.9. The van der Waals surface area contributed by atoms with Gasteiger partial charge in [-0.2, -0.15) is 5.10 Å². The van der Waals surface area contributed by atoms with E-state index < -0.39 is 0 Å². The first-order valence-corrected chi connectivity index (χ1v) is 10.9. The Bertz CT molecular complexity index is 959. The van der Waals surface area contributed by atoms with Crippen molar-refractivity contribution < 1.29 is 5.11 Å². The number of nitrogens with zero attached hydrogens (tertiary/aromatic N) is 3. The summed E-state index contributed by atoms with van der Waals surface area (Å²) < 4.78 is 2.02. The van der Waals surface area contributed by atoms with Crippen LogP contribution in [0.2, 0.25) is 0 Å². The lowest BCUT2D eigenvalue weighted by atomic mass is 10.1. The van der Waals surface area contributed by atoms with Gasteiger partial charge < -0.3 is 15.3 Å². The summed E-state index contributed by atoms with van der Waals surface area (Å²) >= 11 is 0. The van der Waals surface area contributed by atoms with E-state index in [0.717, 1.165) is 62.5 Å². The quantitative estimate of drug-likeness (QED) is 0.590. The molecule has 1 aromatic heterocycles. The second kappa shape index (κ2) is 9.56. The van der Waals surface area contributed by atoms with E-state index in [0.29, 0.717) is 0 Å². The normalized spacial score (nSPS) is 15.6. The maximum Gasteiger partial charge on any atom is 0.0972 e. The molecule has 3 aromatic rings. The Labute approximate surface area is 179 Å². The van der Waals surface area contributed by atoms with E-state index >= 15 is 0 Å². The molecule has 1 aliphatic rings. The van der Waals surface area contributed by atoms with Gasteiger partial charge in [-0.1, -0.05) is 42.5 Å². The Kier molecular flexibility index (Phi) is 6.62. The predicted octanol–water partition coefficient (Wildman–Crippen LogP) is 3.70. The zero-order valence-corrected chi connectivity index (χ0v) is 18.0. The van der Waals surface area contributed by atoms with Crippen molar-refractivity contribution in [1.82, 2.24) is 20.0 Å². The molecular formula is C25H32N4O. The van der Waals surface area contributed by atoms with Gasteiger partial charge in [-0.05, 0) is 43.9 Å². The van der Waals surface area contributed by atoms with Crippen LogP contribution in [0.4, 0.5) is 0 Å².